The Morgan fingerprint density at radius 2 is 0.958 bits per heavy atom. The highest BCUT2D eigenvalue weighted by Crippen LogP contribution is 2.30. The molecule has 136 valence electrons. The second kappa shape index (κ2) is 8.87. The first-order valence-corrected chi connectivity index (χ1v) is 10.1. The lowest BCUT2D eigenvalue weighted by molar-refractivity contribution is -0.165. The fourth-order valence-electron chi connectivity index (χ4n) is 4.51. The fourth-order valence-corrected chi connectivity index (χ4v) is 4.51. The normalized spacial score (nSPS) is 29.8. The maximum Gasteiger partial charge on any atom is 0.309 e. The lowest BCUT2D eigenvalue weighted by Gasteiger charge is -2.31. The largest absolute Gasteiger partial charge is 0.462 e. The van der Waals surface area contributed by atoms with E-state index >= 15 is 0 Å². The van der Waals surface area contributed by atoms with Crippen molar-refractivity contribution in [2.24, 2.45) is 11.8 Å². The van der Waals surface area contributed by atoms with Gasteiger partial charge in [-0.05, 0) is 44.9 Å². The molecule has 0 amide bonds. The number of hydrogen-bond acceptors (Lipinski definition) is 4. The average Bonchev–Trinajstić information content (AvgIpc) is 2.63. The predicted molar refractivity (Wildman–Crippen MR) is 91.4 cm³/mol. The third kappa shape index (κ3) is 4.97. The zero-order chi connectivity index (χ0) is 16.8. The quantitative estimate of drug-likeness (QED) is 0.707. The van der Waals surface area contributed by atoms with E-state index < -0.39 is 0 Å². The van der Waals surface area contributed by atoms with E-state index in [2.05, 4.69) is 0 Å². The molecule has 4 nitrogen and oxygen atoms in total. The molecule has 0 radical (unpaired) electrons. The Morgan fingerprint density at radius 3 is 1.38 bits per heavy atom. The number of ether oxygens (including phenoxy) is 2. The van der Waals surface area contributed by atoms with E-state index in [-0.39, 0.29) is 36.0 Å². The molecule has 4 heteroatoms. The molecule has 0 bridgehead atoms. The summed E-state index contributed by atoms with van der Waals surface area (Å²) >= 11 is 0. The maximum absolute atomic E-state index is 12.3. The van der Waals surface area contributed by atoms with Crippen LogP contribution in [-0.2, 0) is 19.1 Å². The van der Waals surface area contributed by atoms with Crippen molar-refractivity contribution in [2.45, 2.75) is 102 Å². The molecule has 0 aromatic heterocycles. The SMILES string of the molecule is O=C(OC1CCCC(OC(=O)C2CCCCC2)C1)C1CCCCC1. The third-order valence-electron chi connectivity index (χ3n) is 6.02. The smallest absolute Gasteiger partial charge is 0.309 e. The molecule has 0 spiro atoms. The Bertz CT molecular complexity index is 383. The molecule has 0 aromatic rings. The van der Waals surface area contributed by atoms with Gasteiger partial charge in [0, 0.05) is 6.42 Å². The van der Waals surface area contributed by atoms with Gasteiger partial charge in [-0.1, -0.05) is 38.5 Å². The molecule has 3 aliphatic carbocycles. The molecule has 0 aromatic carbocycles. The van der Waals surface area contributed by atoms with Crippen molar-refractivity contribution < 1.29 is 19.1 Å². The summed E-state index contributed by atoms with van der Waals surface area (Å²) in [5, 5.41) is 0. The van der Waals surface area contributed by atoms with Gasteiger partial charge in [-0.15, -0.1) is 0 Å². The van der Waals surface area contributed by atoms with E-state index in [9.17, 15) is 9.59 Å². The highest BCUT2D eigenvalue weighted by molar-refractivity contribution is 5.73. The molecule has 3 fully saturated rings. The summed E-state index contributed by atoms with van der Waals surface area (Å²) in [6, 6.07) is 0. The topological polar surface area (TPSA) is 52.6 Å². The van der Waals surface area contributed by atoms with Crippen molar-refractivity contribution in [2.75, 3.05) is 0 Å². The third-order valence-corrected chi connectivity index (χ3v) is 6.02. The maximum atomic E-state index is 12.3. The van der Waals surface area contributed by atoms with Gasteiger partial charge in [-0.3, -0.25) is 9.59 Å². The highest BCUT2D eigenvalue weighted by atomic mass is 16.6. The monoisotopic (exact) mass is 336 g/mol. The van der Waals surface area contributed by atoms with Crippen molar-refractivity contribution in [1.29, 1.82) is 0 Å². The van der Waals surface area contributed by atoms with Gasteiger partial charge >= 0.3 is 11.9 Å². The van der Waals surface area contributed by atoms with Gasteiger partial charge in [-0.2, -0.15) is 0 Å². The molecule has 0 aliphatic heterocycles. The summed E-state index contributed by atoms with van der Waals surface area (Å²) < 4.78 is 11.5. The number of esters is 2. The zero-order valence-corrected chi connectivity index (χ0v) is 14.8. The summed E-state index contributed by atoms with van der Waals surface area (Å²) in [5.41, 5.74) is 0. The van der Waals surface area contributed by atoms with Crippen molar-refractivity contribution >= 4 is 11.9 Å². The van der Waals surface area contributed by atoms with E-state index in [1.165, 1.54) is 12.8 Å². The molecule has 3 rings (SSSR count). The zero-order valence-electron chi connectivity index (χ0n) is 14.8. The molecular formula is C20H32O4. The minimum Gasteiger partial charge on any atom is -0.462 e. The molecule has 24 heavy (non-hydrogen) atoms. The van der Waals surface area contributed by atoms with Crippen LogP contribution in [0.3, 0.4) is 0 Å². The Morgan fingerprint density at radius 1 is 0.542 bits per heavy atom. The van der Waals surface area contributed by atoms with Crippen LogP contribution >= 0.6 is 0 Å². The molecule has 2 unspecified atom stereocenters. The van der Waals surface area contributed by atoms with Crippen LogP contribution in [-0.4, -0.2) is 24.1 Å². The number of hydrogen-bond donors (Lipinski definition) is 0. The summed E-state index contributed by atoms with van der Waals surface area (Å²) in [6.45, 7) is 0. The van der Waals surface area contributed by atoms with E-state index in [0.29, 0.717) is 6.42 Å². The molecule has 0 N–H and O–H groups in total. The van der Waals surface area contributed by atoms with Crippen LogP contribution in [0.4, 0.5) is 0 Å². The van der Waals surface area contributed by atoms with Gasteiger partial charge in [0.2, 0.25) is 0 Å². The molecule has 3 saturated carbocycles. The number of rotatable bonds is 4. The fraction of sp³-hybridized carbons (Fsp3) is 0.900. The van der Waals surface area contributed by atoms with Crippen molar-refractivity contribution in [3.8, 4) is 0 Å². The Hall–Kier alpha value is -1.06. The second-order valence-corrected chi connectivity index (χ2v) is 7.95. The van der Waals surface area contributed by atoms with Crippen molar-refractivity contribution in [1.82, 2.24) is 0 Å². The standard InChI is InChI=1S/C20H32O4/c21-19(15-8-3-1-4-9-15)23-17-12-7-13-18(14-17)24-20(22)16-10-5-2-6-11-16/h15-18H,1-14H2. The number of carbonyl (C=O) groups excluding carboxylic acids is 2. The Kier molecular flexibility index (Phi) is 6.56. The van der Waals surface area contributed by atoms with E-state index in [1.807, 2.05) is 0 Å². The van der Waals surface area contributed by atoms with Gasteiger partial charge < -0.3 is 9.47 Å². The predicted octanol–water partition coefficient (Wildman–Crippen LogP) is 4.54. The van der Waals surface area contributed by atoms with Gasteiger partial charge in [0.15, 0.2) is 0 Å². The summed E-state index contributed by atoms with van der Waals surface area (Å²) in [4.78, 5) is 24.6. The molecule has 2 atom stereocenters. The van der Waals surface area contributed by atoms with Gasteiger partial charge in [0.1, 0.15) is 12.2 Å². The number of carbonyl (C=O) groups is 2. The van der Waals surface area contributed by atoms with Gasteiger partial charge in [0.25, 0.3) is 0 Å². The summed E-state index contributed by atoms with van der Waals surface area (Å²) in [7, 11) is 0. The van der Waals surface area contributed by atoms with Gasteiger partial charge in [0.05, 0.1) is 11.8 Å². The average molecular weight is 336 g/mol. The highest BCUT2D eigenvalue weighted by Gasteiger charge is 2.32. The Balaban J connectivity index is 1.43. The Labute approximate surface area is 145 Å². The van der Waals surface area contributed by atoms with Crippen LogP contribution in [0.5, 0.6) is 0 Å². The first-order valence-electron chi connectivity index (χ1n) is 10.1. The molecule has 0 heterocycles. The first kappa shape index (κ1) is 17.8. The van der Waals surface area contributed by atoms with E-state index in [1.54, 1.807) is 0 Å². The minimum absolute atomic E-state index is 0.0149. The van der Waals surface area contributed by atoms with Crippen molar-refractivity contribution in [3.05, 3.63) is 0 Å². The van der Waals surface area contributed by atoms with Crippen LogP contribution in [0.2, 0.25) is 0 Å². The molecule has 3 aliphatic rings. The lowest BCUT2D eigenvalue weighted by Crippen LogP contribution is -2.35. The minimum atomic E-state index is -0.0580. The van der Waals surface area contributed by atoms with Crippen LogP contribution in [0, 0.1) is 11.8 Å². The first-order chi connectivity index (χ1) is 11.7. The van der Waals surface area contributed by atoms with E-state index in [4.69, 9.17) is 9.47 Å². The van der Waals surface area contributed by atoms with Gasteiger partial charge in [-0.25, -0.2) is 0 Å². The van der Waals surface area contributed by atoms with Crippen LogP contribution in [0.1, 0.15) is 89.9 Å². The lowest BCUT2D eigenvalue weighted by atomic mass is 9.88. The van der Waals surface area contributed by atoms with Crippen molar-refractivity contribution in [3.63, 3.8) is 0 Å². The van der Waals surface area contributed by atoms with Crippen LogP contribution in [0.15, 0.2) is 0 Å². The van der Waals surface area contributed by atoms with Crippen LogP contribution < -0.4 is 0 Å². The second-order valence-electron chi connectivity index (χ2n) is 7.95. The molecular weight excluding hydrogens is 304 g/mol. The molecule has 0 saturated heterocycles. The summed E-state index contributed by atoms with van der Waals surface area (Å²) in [5.74, 6) is 0.172. The van der Waals surface area contributed by atoms with Crippen LogP contribution in [0.25, 0.3) is 0 Å². The summed E-state index contributed by atoms with van der Waals surface area (Å²) in [6.07, 6.45) is 14.4. The van der Waals surface area contributed by atoms with E-state index in [0.717, 1.165) is 70.6 Å².